The SMILES string of the molecule is CC(C)Cn1c(Cn2cncc(NC(=O)CCC/C=C/C(=O)N(C)C)c2=O)cc2cc(F)ccc21. The molecule has 0 unspecified atom stereocenters. The number of likely N-dealkylation sites (N-methyl/N-ethyl adjacent to an activating group) is 1. The molecule has 186 valence electrons. The molecular formula is C26H32FN5O3. The van der Waals surface area contributed by atoms with Gasteiger partial charge < -0.3 is 14.8 Å². The number of anilines is 1. The number of benzene rings is 1. The van der Waals surface area contributed by atoms with Crippen molar-refractivity contribution in [1.29, 1.82) is 0 Å². The van der Waals surface area contributed by atoms with Crippen LogP contribution < -0.4 is 10.9 Å². The molecule has 0 aliphatic rings. The Morgan fingerprint density at radius 2 is 2.00 bits per heavy atom. The van der Waals surface area contributed by atoms with Crippen LogP contribution in [0.4, 0.5) is 10.1 Å². The van der Waals surface area contributed by atoms with E-state index in [1.165, 1.54) is 40.2 Å². The van der Waals surface area contributed by atoms with Crippen LogP contribution in [0, 0.1) is 11.7 Å². The topological polar surface area (TPSA) is 89.2 Å². The van der Waals surface area contributed by atoms with E-state index in [0.717, 1.165) is 23.1 Å². The van der Waals surface area contributed by atoms with E-state index >= 15 is 0 Å². The Bertz CT molecular complexity index is 1290. The van der Waals surface area contributed by atoms with Crippen molar-refractivity contribution in [3.63, 3.8) is 0 Å². The monoisotopic (exact) mass is 481 g/mol. The minimum Gasteiger partial charge on any atom is -0.345 e. The number of amides is 2. The number of halogens is 1. The summed E-state index contributed by atoms with van der Waals surface area (Å²) < 4.78 is 17.3. The quantitative estimate of drug-likeness (QED) is 0.352. The van der Waals surface area contributed by atoms with Gasteiger partial charge in [-0.2, -0.15) is 0 Å². The van der Waals surface area contributed by atoms with Crippen LogP contribution in [0.5, 0.6) is 0 Å². The number of rotatable bonds is 10. The minimum atomic E-state index is -0.364. The number of aromatic nitrogens is 3. The maximum Gasteiger partial charge on any atom is 0.277 e. The van der Waals surface area contributed by atoms with Crippen LogP contribution in [0.3, 0.4) is 0 Å². The largest absolute Gasteiger partial charge is 0.345 e. The van der Waals surface area contributed by atoms with Gasteiger partial charge in [-0.25, -0.2) is 9.37 Å². The average molecular weight is 482 g/mol. The molecule has 0 radical (unpaired) electrons. The molecule has 2 amide bonds. The minimum absolute atomic E-state index is 0.105. The third kappa shape index (κ3) is 6.88. The molecule has 0 fully saturated rings. The Hall–Kier alpha value is -3.75. The lowest BCUT2D eigenvalue weighted by Crippen LogP contribution is -2.27. The maximum atomic E-state index is 13.8. The molecule has 1 N–H and O–H groups in total. The molecule has 3 aromatic rings. The molecule has 0 spiro atoms. The van der Waals surface area contributed by atoms with Gasteiger partial charge in [0.15, 0.2) is 0 Å². The van der Waals surface area contributed by atoms with Gasteiger partial charge >= 0.3 is 0 Å². The molecule has 35 heavy (non-hydrogen) atoms. The molecule has 2 heterocycles. The molecule has 1 aromatic carbocycles. The smallest absolute Gasteiger partial charge is 0.277 e. The fourth-order valence-corrected chi connectivity index (χ4v) is 3.76. The summed E-state index contributed by atoms with van der Waals surface area (Å²) in [4.78, 5) is 42.5. The molecular weight excluding hydrogens is 449 g/mol. The van der Waals surface area contributed by atoms with Crippen molar-refractivity contribution in [2.24, 2.45) is 5.92 Å². The maximum absolute atomic E-state index is 13.8. The third-order valence-electron chi connectivity index (χ3n) is 5.48. The van der Waals surface area contributed by atoms with E-state index in [1.54, 1.807) is 26.2 Å². The molecule has 8 nitrogen and oxygen atoms in total. The van der Waals surface area contributed by atoms with Crippen LogP contribution in [0.25, 0.3) is 10.9 Å². The van der Waals surface area contributed by atoms with Crippen molar-refractivity contribution in [2.75, 3.05) is 19.4 Å². The first-order valence-electron chi connectivity index (χ1n) is 11.7. The molecule has 0 saturated carbocycles. The first-order valence-corrected chi connectivity index (χ1v) is 11.7. The highest BCUT2D eigenvalue weighted by molar-refractivity contribution is 5.90. The number of nitrogens with zero attached hydrogens (tertiary/aromatic N) is 4. The van der Waals surface area contributed by atoms with Gasteiger partial charge in [-0.1, -0.05) is 19.9 Å². The van der Waals surface area contributed by atoms with Crippen molar-refractivity contribution in [3.8, 4) is 0 Å². The summed E-state index contributed by atoms with van der Waals surface area (Å²) in [5.74, 6) is -0.360. The number of hydrogen-bond donors (Lipinski definition) is 1. The predicted molar refractivity (Wildman–Crippen MR) is 135 cm³/mol. The van der Waals surface area contributed by atoms with Gasteiger partial charge in [0.05, 0.1) is 19.1 Å². The third-order valence-corrected chi connectivity index (χ3v) is 5.48. The van der Waals surface area contributed by atoms with Gasteiger partial charge in [-0.3, -0.25) is 19.0 Å². The summed E-state index contributed by atoms with van der Waals surface area (Å²) in [6.07, 6.45) is 7.31. The van der Waals surface area contributed by atoms with Crippen LogP contribution in [-0.2, 0) is 22.7 Å². The van der Waals surface area contributed by atoms with E-state index in [4.69, 9.17) is 0 Å². The number of carbonyl (C=O) groups excluding carboxylic acids is 2. The second-order valence-electron chi connectivity index (χ2n) is 9.16. The molecule has 0 atom stereocenters. The first kappa shape index (κ1) is 25.9. The number of unbranched alkanes of at least 4 members (excludes halogenated alkanes) is 1. The van der Waals surface area contributed by atoms with Gasteiger partial charge in [-0.15, -0.1) is 0 Å². The van der Waals surface area contributed by atoms with Gasteiger partial charge in [0.1, 0.15) is 11.5 Å². The lowest BCUT2D eigenvalue weighted by Gasteiger charge is -2.14. The Kier molecular flexibility index (Phi) is 8.57. The zero-order valence-electron chi connectivity index (χ0n) is 20.6. The van der Waals surface area contributed by atoms with Crippen molar-refractivity contribution < 1.29 is 14.0 Å². The van der Waals surface area contributed by atoms with Crippen LogP contribution in [0.1, 0.15) is 38.8 Å². The Labute approximate surface area is 204 Å². The zero-order chi connectivity index (χ0) is 25.5. The Balaban J connectivity index is 1.71. The molecule has 0 bridgehead atoms. The highest BCUT2D eigenvalue weighted by atomic mass is 19.1. The molecule has 0 saturated heterocycles. The lowest BCUT2D eigenvalue weighted by molar-refractivity contribution is -0.123. The van der Waals surface area contributed by atoms with Crippen LogP contribution >= 0.6 is 0 Å². The number of carbonyl (C=O) groups is 2. The van der Waals surface area contributed by atoms with E-state index in [1.807, 2.05) is 6.07 Å². The van der Waals surface area contributed by atoms with Gasteiger partial charge in [0.2, 0.25) is 11.8 Å². The molecule has 3 rings (SSSR count). The lowest BCUT2D eigenvalue weighted by atomic mass is 10.2. The second-order valence-corrected chi connectivity index (χ2v) is 9.16. The van der Waals surface area contributed by atoms with E-state index in [2.05, 4.69) is 28.7 Å². The van der Waals surface area contributed by atoms with Crippen LogP contribution in [-0.4, -0.2) is 44.9 Å². The molecule has 0 aliphatic carbocycles. The van der Waals surface area contributed by atoms with Gasteiger partial charge in [0, 0.05) is 43.7 Å². The standard InChI is InChI=1S/C26H32FN5O3/c1-18(2)15-32-21(13-19-12-20(27)10-11-23(19)32)16-31-17-28-14-22(26(31)35)29-24(33)8-6-5-7-9-25(34)30(3)4/h7,9-14,17-18H,5-6,8,15-16H2,1-4H3,(H,29,33)/b9-7+. The number of fused-ring (bicyclic) bond motifs is 1. The van der Waals surface area contributed by atoms with Crippen molar-refractivity contribution in [1.82, 2.24) is 19.0 Å². The Morgan fingerprint density at radius 1 is 1.23 bits per heavy atom. The zero-order valence-corrected chi connectivity index (χ0v) is 20.6. The summed E-state index contributed by atoms with van der Waals surface area (Å²) in [7, 11) is 3.34. The van der Waals surface area contributed by atoms with Gasteiger partial charge in [-0.05, 0) is 49.1 Å². The molecule has 0 aliphatic heterocycles. The summed E-state index contributed by atoms with van der Waals surface area (Å²) in [6.45, 7) is 5.15. The summed E-state index contributed by atoms with van der Waals surface area (Å²) in [5.41, 5.74) is 1.50. The first-order chi connectivity index (χ1) is 16.7. The van der Waals surface area contributed by atoms with Crippen LogP contribution in [0.15, 0.2) is 53.7 Å². The van der Waals surface area contributed by atoms with E-state index in [0.29, 0.717) is 18.8 Å². The normalized spacial score (nSPS) is 11.5. The average Bonchev–Trinajstić information content (AvgIpc) is 3.11. The van der Waals surface area contributed by atoms with Crippen molar-refractivity contribution in [2.45, 2.75) is 46.2 Å². The summed E-state index contributed by atoms with van der Waals surface area (Å²) in [6, 6.07) is 6.55. The Morgan fingerprint density at radius 3 is 2.71 bits per heavy atom. The summed E-state index contributed by atoms with van der Waals surface area (Å²) >= 11 is 0. The second kappa shape index (κ2) is 11.6. The molecule has 9 heteroatoms. The number of hydrogen-bond acceptors (Lipinski definition) is 4. The van der Waals surface area contributed by atoms with Crippen LogP contribution in [0.2, 0.25) is 0 Å². The van der Waals surface area contributed by atoms with Gasteiger partial charge in [0.25, 0.3) is 5.56 Å². The summed E-state index contributed by atoms with van der Waals surface area (Å²) in [5, 5.41) is 3.42. The fraction of sp³-hybridized carbons (Fsp3) is 0.385. The highest BCUT2D eigenvalue weighted by Crippen LogP contribution is 2.23. The molecule has 2 aromatic heterocycles. The number of allylic oxidation sites excluding steroid dienone is 1. The van der Waals surface area contributed by atoms with Crippen molar-refractivity contribution >= 4 is 28.4 Å². The van der Waals surface area contributed by atoms with E-state index < -0.39 is 0 Å². The highest BCUT2D eigenvalue weighted by Gasteiger charge is 2.14. The fourth-order valence-electron chi connectivity index (χ4n) is 3.76. The van der Waals surface area contributed by atoms with Crippen molar-refractivity contribution in [3.05, 3.63) is 70.8 Å². The van der Waals surface area contributed by atoms with E-state index in [-0.39, 0.29) is 41.8 Å². The van der Waals surface area contributed by atoms with E-state index in [9.17, 15) is 18.8 Å². The predicted octanol–water partition coefficient (Wildman–Crippen LogP) is 3.79. The number of nitrogens with one attached hydrogen (secondary N) is 1.